The summed E-state index contributed by atoms with van der Waals surface area (Å²) in [5.41, 5.74) is 3.82. The number of rotatable bonds is 3. The van der Waals surface area contributed by atoms with Crippen molar-refractivity contribution in [3.63, 3.8) is 0 Å². The van der Waals surface area contributed by atoms with Crippen molar-refractivity contribution in [3.05, 3.63) is 34.3 Å². The van der Waals surface area contributed by atoms with Crippen LogP contribution in [0.3, 0.4) is 0 Å². The van der Waals surface area contributed by atoms with E-state index in [9.17, 15) is 0 Å². The predicted octanol–water partition coefficient (Wildman–Crippen LogP) is 2.69. The average molecular weight is 325 g/mol. The third kappa shape index (κ3) is 4.51. The Morgan fingerprint density at radius 1 is 1.26 bits per heavy atom. The highest BCUT2D eigenvalue weighted by Crippen LogP contribution is 2.18. The molecule has 104 valence electrons. The Labute approximate surface area is 123 Å². The van der Waals surface area contributed by atoms with Crippen LogP contribution in [0.15, 0.2) is 33.7 Å². The van der Waals surface area contributed by atoms with Crippen LogP contribution in [0.2, 0.25) is 0 Å². The van der Waals surface area contributed by atoms with E-state index in [2.05, 4.69) is 37.7 Å². The molecule has 1 aliphatic carbocycles. The Kier molecular flexibility index (Phi) is 5.66. The second-order valence-electron chi connectivity index (χ2n) is 4.88. The molecule has 1 aliphatic rings. The van der Waals surface area contributed by atoms with E-state index in [1.165, 1.54) is 32.1 Å². The minimum atomic E-state index is 0.503. The van der Waals surface area contributed by atoms with Crippen LogP contribution in [-0.2, 0) is 6.54 Å². The topological polar surface area (TPSA) is 62.4 Å². The van der Waals surface area contributed by atoms with Crippen LogP contribution in [0, 0.1) is 0 Å². The minimum absolute atomic E-state index is 0.503. The molecule has 0 bridgehead atoms. The van der Waals surface area contributed by atoms with Gasteiger partial charge < -0.3 is 5.32 Å². The van der Waals surface area contributed by atoms with Crippen molar-refractivity contribution in [1.82, 2.24) is 10.7 Å². The molecule has 0 saturated heterocycles. The largest absolute Gasteiger partial charge is 0.353 e. The Morgan fingerprint density at radius 2 is 2.00 bits per heavy atom. The van der Waals surface area contributed by atoms with Gasteiger partial charge in [-0.05, 0) is 24.5 Å². The summed E-state index contributed by atoms with van der Waals surface area (Å²) >= 11 is 3.53. The number of nitrogens with zero attached hydrogens (tertiary/aromatic N) is 1. The molecule has 0 unspecified atom stereocenters. The van der Waals surface area contributed by atoms with E-state index in [-0.39, 0.29) is 0 Å². The first-order chi connectivity index (χ1) is 9.29. The molecular formula is C14H21BrN4. The van der Waals surface area contributed by atoms with Gasteiger partial charge in [-0.2, -0.15) is 0 Å². The van der Waals surface area contributed by atoms with Crippen LogP contribution in [0.4, 0.5) is 0 Å². The molecule has 19 heavy (non-hydrogen) atoms. The monoisotopic (exact) mass is 324 g/mol. The van der Waals surface area contributed by atoms with E-state index in [1.807, 2.05) is 18.2 Å². The van der Waals surface area contributed by atoms with Crippen molar-refractivity contribution in [2.75, 3.05) is 0 Å². The molecule has 4 nitrogen and oxygen atoms in total. The smallest absolute Gasteiger partial charge is 0.206 e. The van der Waals surface area contributed by atoms with E-state index in [1.54, 1.807) is 0 Å². The standard InChI is InChI=1S/C14H21BrN4/c15-13-9-5-4-6-11(13)10-17-14(19-16)18-12-7-2-1-3-8-12/h4-6,9,12H,1-3,7-8,10,16H2,(H2,17,18,19). The molecule has 0 aliphatic heterocycles. The SMILES string of the molecule is NNC(=NCc1ccccc1Br)NC1CCCCC1. The summed E-state index contributed by atoms with van der Waals surface area (Å²) in [5, 5.41) is 3.39. The van der Waals surface area contributed by atoms with Crippen molar-refractivity contribution >= 4 is 21.9 Å². The second-order valence-corrected chi connectivity index (χ2v) is 5.73. The van der Waals surface area contributed by atoms with E-state index in [0.29, 0.717) is 18.5 Å². The minimum Gasteiger partial charge on any atom is -0.353 e. The van der Waals surface area contributed by atoms with Crippen molar-refractivity contribution in [1.29, 1.82) is 0 Å². The fourth-order valence-corrected chi connectivity index (χ4v) is 2.77. The number of nitrogens with two attached hydrogens (primary N) is 1. The third-order valence-corrected chi connectivity index (χ3v) is 4.22. The fraction of sp³-hybridized carbons (Fsp3) is 0.500. The number of benzene rings is 1. The Bertz CT molecular complexity index is 427. The van der Waals surface area contributed by atoms with Crippen LogP contribution in [0.5, 0.6) is 0 Å². The summed E-state index contributed by atoms with van der Waals surface area (Å²) in [6, 6.07) is 8.60. The molecule has 2 rings (SSSR count). The summed E-state index contributed by atoms with van der Waals surface area (Å²) in [7, 11) is 0. The summed E-state index contributed by atoms with van der Waals surface area (Å²) in [6.07, 6.45) is 6.34. The molecule has 0 amide bonds. The number of halogens is 1. The number of aliphatic imine (C=N–C) groups is 1. The number of nitrogens with one attached hydrogen (secondary N) is 2. The Balaban J connectivity index is 1.93. The molecule has 0 atom stereocenters. The van der Waals surface area contributed by atoms with Crippen molar-refractivity contribution < 1.29 is 0 Å². The molecule has 0 spiro atoms. The lowest BCUT2D eigenvalue weighted by atomic mass is 9.96. The van der Waals surface area contributed by atoms with Gasteiger partial charge in [0.05, 0.1) is 6.54 Å². The zero-order chi connectivity index (χ0) is 13.5. The van der Waals surface area contributed by atoms with Crippen LogP contribution in [0.1, 0.15) is 37.7 Å². The Morgan fingerprint density at radius 3 is 2.68 bits per heavy atom. The van der Waals surface area contributed by atoms with Gasteiger partial charge in [-0.3, -0.25) is 5.43 Å². The molecule has 1 fully saturated rings. The second kappa shape index (κ2) is 7.50. The van der Waals surface area contributed by atoms with Gasteiger partial charge in [0, 0.05) is 10.5 Å². The Hall–Kier alpha value is -1.07. The summed E-state index contributed by atoms with van der Waals surface area (Å²) in [5.74, 6) is 6.22. The van der Waals surface area contributed by atoms with E-state index >= 15 is 0 Å². The van der Waals surface area contributed by atoms with Gasteiger partial charge in [0.2, 0.25) is 5.96 Å². The van der Waals surface area contributed by atoms with Crippen molar-refractivity contribution in [3.8, 4) is 0 Å². The van der Waals surface area contributed by atoms with Crippen molar-refractivity contribution in [2.24, 2.45) is 10.8 Å². The third-order valence-electron chi connectivity index (χ3n) is 3.45. The molecule has 4 N–H and O–H groups in total. The van der Waals surface area contributed by atoms with Gasteiger partial charge in [0.15, 0.2) is 0 Å². The molecule has 0 radical (unpaired) electrons. The maximum atomic E-state index is 5.54. The predicted molar refractivity (Wildman–Crippen MR) is 82.6 cm³/mol. The number of hydrogen-bond acceptors (Lipinski definition) is 2. The number of hydrogen-bond donors (Lipinski definition) is 3. The first-order valence-electron chi connectivity index (χ1n) is 6.80. The molecule has 5 heteroatoms. The lowest BCUT2D eigenvalue weighted by Crippen LogP contribution is -2.47. The van der Waals surface area contributed by atoms with Crippen LogP contribution in [0.25, 0.3) is 0 Å². The zero-order valence-electron chi connectivity index (χ0n) is 11.0. The molecular weight excluding hydrogens is 304 g/mol. The quantitative estimate of drug-likeness (QED) is 0.347. The van der Waals surface area contributed by atoms with E-state index in [4.69, 9.17) is 5.84 Å². The molecule has 1 aromatic rings. The van der Waals surface area contributed by atoms with E-state index < -0.39 is 0 Å². The average Bonchev–Trinajstić information content (AvgIpc) is 2.46. The molecule has 0 aromatic heterocycles. The zero-order valence-corrected chi connectivity index (χ0v) is 12.6. The normalized spacial score (nSPS) is 17.3. The highest BCUT2D eigenvalue weighted by Gasteiger charge is 2.14. The lowest BCUT2D eigenvalue weighted by Gasteiger charge is -2.24. The number of hydrazine groups is 1. The van der Waals surface area contributed by atoms with Crippen LogP contribution in [-0.4, -0.2) is 12.0 Å². The highest BCUT2D eigenvalue weighted by molar-refractivity contribution is 9.10. The van der Waals surface area contributed by atoms with Gasteiger partial charge in [-0.1, -0.05) is 53.4 Å². The first kappa shape index (κ1) is 14.3. The van der Waals surface area contributed by atoms with Gasteiger partial charge in [0.1, 0.15) is 0 Å². The van der Waals surface area contributed by atoms with Gasteiger partial charge in [-0.15, -0.1) is 0 Å². The summed E-state index contributed by atoms with van der Waals surface area (Å²) < 4.78 is 1.08. The number of guanidine groups is 1. The van der Waals surface area contributed by atoms with Crippen molar-refractivity contribution in [2.45, 2.75) is 44.7 Å². The van der Waals surface area contributed by atoms with E-state index in [0.717, 1.165) is 10.0 Å². The summed E-state index contributed by atoms with van der Waals surface area (Å²) in [4.78, 5) is 4.51. The highest BCUT2D eigenvalue weighted by atomic mass is 79.9. The van der Waals surface area contributed by atoms with Gasteiger partial charge in [0.25, 0.3) is 0 Å². The molecule has 1 saturated carbocycles. The molecule has 0 heterocycles. The van der Waals surface area contributed by atoms with Crippen LogP contribution < -0.4 is 16.6 Å². The fourth-order valence-electron chi connectivity index (χ4n) is 2.36. The summed E-state index contributed by atoms with van der Waals surface area (Å²) in [6.45, 7) is 0.612. The van der Waals surface area contributed by atoms with Gasteiger partial charge >= 0.3 is 0 Å². The maximum Gasteiger partial charge on any atom is 0.206 e. The lowest BCUT2D eigenvalue weighted by molar-refractivity contribution is 0.410. The maximum absolute atomic E-state index is 5.54. The first-order valence-corrected chi connectivity index (χ1v) is 7.60. The van der Waals surface area contributed by atoms with Crippen LogP contribution >= 0.6 is 15.9 Å². The molecule has 1 aromatic carbocycles. The van der Waals surface area contributed by atoms with Gasteiger partial charge in [-0.25, -0.2) is 10.8 Å².